The van der Waals surface area contributed by atoms with Crippen LogP contribution in [0, 0.1) is 6.92 Å². The van der Waals surface area contributed by atoms with Crippen molar-refractivity contribution in [2.75, 3.05) is 18.9 Å². The van der Waals surface area contributed by atoms with Crippen LogP contribution in [-0.2, 0) is 11.3 Å². The second-order valence-electron chi connectivity index (χ2n) is 5.11. The maximum atomic E-state index is 12.3. The maximum Gasteiger partial charge on any atom is 0.387 e. The number of carbonyl (C=O) groups excluding carboxylic acids is 1. The zero-order chi connectivity index (χ0) is 16.8. The third-order valence-corrected chi connectivity index (χ3v) is 3.01. The predicted octanol–water partition coefficient (Wildman–Crippen LogP) is 3.26. The van der Waals surface area contributed by atoms with E-state index in [2.05, 4.69) is 10.1 Å². The summed E-state index contributed by atoms with van der Waals surface area (Å²) in [7, 11) is 1.76. The van der Waals surface area contributed by atoms with Crippen molar-refractivity contribution in [3.8, 4) is 5.75 Å². The molecular formula is C16H18F2N2O3. The highest BCUT2D eigenvalue weighted by Gasteiger charge is 2.13. The first-order valence-electron chi connectivity index (χ1n) is 7.01. The first-order valence-corrected chi connectivity index (χ1v) is 7.01. The summed E-state index contributed by atoms with van der Waals surface area (Å²) in [5, 5.41) is 2.57. The number of benzene rings is 1. The van der Waals surface area contributed by atoms with Crippen LogP contribution < -0.4 is 10.1 Å². The fraction of sp³-hybridized carbons (Fsp3) is 0.312. The van der Waals surface area contributed by atoms with E-state index in [4.69, 9.17) is 4.42 Å². The predicted molar refractivity (Wildman–Crippen MR) is 81.5 cm³/mol. The number of alkyl halides is 2. The van der Waals surface area contributed by atoms with Gasteiger partial charge in [-0.2, -0.15) is 8.78 Å². The van der Waals surface area contributed by atoms with E-state index in [1.54, 1.807) is 24.1 Å². The summed E-state index contributed by atoms with van der Waals surface area (Å²) in [6, 6.07) is 9.75. The second-order valence-corrected chi connectivity index (χ2v) is 5.11. The fourth-order valence-corrected chi connectivity index (χ4v) is 2.10. The monoisotopic (exact) mass is 324 g/mol. The van der Waals surface area contributed by atoms with Gasteiger partial charge in [0.25, 0.3) is 0 Å². The van der Waals surface area contributed by atoms with Gasteiger partial charge in [0.15, 0.2) is 0 Å². The zero-order valence-corrected chi connectivity index (χ0v) is 12.9. The molecule has 0 atom stereocenters. The van der Waals surface area contributed by atoms with E-state index in [9.17, 15) is 13.6 Å². The Bertz CT molecular complexity index is 658. The van der Waals surface area contributed by atoms with Crippen LogP contribution in [0.5, 0.6) is 5.75 Å². The van der Waals surface area contributed by atoms with Gasteiger partial charge >= 0.3 is 6.61 Å². The third-order valence-electron chi connectivity index (χ3n) is 3.01. The number of halogens is 2. The van der Waals surface area contributed by atoms with Gasteiger partial charge < -0.3 is 14.5 Å². The van der Waals surface area contributed by atoms with Crippen LogP contribution in [0.1, 0.15) is 11.5 Å². The van der Waals surface area contributed by atoms with Gasteiger partial charge in [0, 0.05) is 0 Å². The van der Waals surface area contributed by atoms with Gasteiger partial charge in [-0.3, -0.25) is 9.69 Å². The number of anilines is 1. The Morgan fingerprint density at radius 1 is 1.30 bits per heavy atom. The molecule has 1 aromatic heterocycles. The average Bonchev–Trinajstić information content (AvgIpc) is 2.85. The van der Waals surface area contributed by atoms with Crippen molar-refractivity contribution in [3.63, 3.8) is 0 Å². The number of hydrogen-bond donors (Lipinski definition) is 1. The van der Waals surface area contributed by atoms with Crippen LogP contribution in [0.25, 0.3) is 0 Å². The van der Waals surface area contributed by atoms with Crippen molar-refractivity contribution >= 4 is 11.6 Å². The van der Waals surface area contributed by atoms with Crippen LogP contribution in [0.3, 0.4) is 0 Å². The summed E-state index contributed by atoms with van der Waals surface area (Å²) in [4.78, 5) is 13.8. The Balaban J connectivity index is 1.91. The Kier molecular flexibility index (Phi) is 5.70. The van der Waals surface area contributed by atoms with Crippen molar-refractivity contribution in [1.29, 1.82) is 0 Å². The van der Waals surface area contributed by atoms with E-state index in [1.807, 2.05) is 19.1 Å². The number of aryl methyl sites for hydroxylation is 1. The lowest BCUT2D eigenvalue weighted by Crippen LogP contribution is -2.29. The van der Waals surface area contributed by atoms with Crippen molar-refractivity contribution in [3.05, 3.63) is 47.9 Å². The highest BCUT2D eigenvalue weighted by molar-refractivity contribution is 5.93. The van der Waals surface area contributed by atoms with Gasteiger partial charge in [-0.25, -0.2) is 0 Å². The quantitative estimate of drug-likeness (QED) is 0.849. The molecule has 1 aromatic carbocycles. The normalized spacial score (nSPS) is 11.0. The number of furan rings is 1. The Labute approximate surface area is 132 Å². The summed E-state index contributed by atoms with van der Waals surface area (Å²) in [6.07, 6.45) is 0. The van der Waals surface area contributed by atoms with Crippen molar-refractivity contribution in [2.45, 2.75) is 20.1 Å². The van der Waals surface area contributed by atoms with E-state index in [1.165, 1.54) is 12.1 Å². The molecule has 1 heterocycles. The van der Waals surface area contributed by atoms with Crippen molar-refractivity contribution < 1.29 is 22.7 Å². The minimum atomic E-state index is -2.95. The highest BCUT2D eigenvalue weighted by Crippen LogP contribution is 2.25. The molecule has 0 aliphatic rings. The van der Waals surface area contributed by atoms with Gasteiger partial charge in [-0.1, -0.05) is 12.1 Å². The highest BCUT2D eigenvalue weighted by atomic mass is 19.3. The minimum Gasteiger partial charge on any atom is -0.465 e. The van der Waals surface area contributed by atoms with Crippen LogP contribution in [0.2, 0.25) is 0 Å². The molecule has 0 unspecified atom stereocenters. The smallest absolute Gasteiger partial charge is 0.387 e. The van der Waals surface area contributed by atoms with Crippen LogP contribution >= 0.6 is 0 Å². The molecule has 0 radical (unpaired) electrons. The van der Waals surface area contributed by atoms with E-state index >= 15 is 0 Å². The largest absolute Gasteiger partial charge is 0.465 e. The number of hydrogen-bond acceptors (Lipinski definition) is 4. The van der Waals surface area contributed by atoms with Gasteiger partial charge in [0.2, 0.25) is 5.91 Å². The summed E-state index contributed by atoms with van der Waals surface area (Å²) in [5.41, 5.74) is 0.208. The van der Waals surface area contributed by atoms with Gasteiger partial charge in [-0.15, -0.1) is 0 Å². The Morgan fingerprint density at radius 3 is 2.70 bits per heavy atom. The molecule has 0 fully saturated rings. The lowest BCUT2D eigenvalue weighted by Gasteiger charge is -2.16. The number of nitrogens with one attached hydrogen (secondary N) is 1. The standard InChI is InChI=1S/C16H18F2N2O3/c1-11-7-8-12(22-11)9-20(2)10-15(21)19-13-5-3-4-6-14(13)23-16(17)18/h3-8,16H,9-10H2,1-2H3,(H,19,21). The molecule has 2 rings (SSSR count). The third kappa shape index (κ3) is 5.37. The van der Waals surface area contributed by atoms with Gasteiger partial charge in [0.1, 0.15) is 17.3 Å². The SMILES string of the molecule is Cc1ccc(CN(C)CC(=O)Nc2ccccc2OC(F)F)o1. The van der Waals surface area contributed by atoms with E-state index < -0.39 is 6.61 Å². The lowest BCUT2D eigenvalue weighted by atomic mass is 10.3. The molecule has 0 aliphatic carbocycles. The summed E-state index contributed by atoms with van der Waals surface area (Å²) in [5.74, 6) is 1.15. The fourth-order valence-electron chi connectivity index (χ4n) is 2.10. The molecule has 23 heavy (non-hydrogen) atoms. The first kappa shape index (κ1) is 17.0. The topological polar surface area (TPSA) is 54.7 Å². The average molecular weight is 324 g/mol. The summed E-state index contributed by atoms with van der Waals surface area (Å²) in [6.45, 7) is -0.548. The number of para-hydroxylation sites is 2. The molecule has 124 valence electrons. The number of ether oxygens (including phenoxy) is 1. The minimum absolute atomic E-state index is 0.0693. The number of likely N-dealkylation sites (N-methyl/N-ethyl adjacent to an activating group) is 1. The molecule has 1 amide bonds. The molecule has 5 nitrogen and oxygen atoms in total. The van der Waals surface area contributed by atoms with Crippen LogP contribution in [0.4, 0.5) is 14.5 Å². The number of rotatable bonds is 7. The summed E-state index contributed by atoms with van der Waals surface area (Å²) >= 11 is 0. The molecule has 7 heteroatoms. The first-order chi connectivity index (χ1) is 10.9. The molecule has 2 aromatic rings. The Morgan fingerprint density at radius 2 is 2.04 bits per heavy atom. The molecule has 0 saturated heterocycles. The molecule has 0 saturated carbocycles. The number of amides is 1. The van der Waals surface area contributed by atoms with Crippen molar-refractivity contribution in [2.24, 2.45) is 0 Å². The zero-order valence-electron chi connectivity index (χ0n) is 12.9. The lowest BCUT2D eigenvalue weighted by molar-refractivity contribution is -0.117. The molecule has 0 spiro atoms. The van der Waals surface area contributed by atoms with E-state index in [0.29, 0.717) is 6.54 Å². The Hall–Kier alpha value is -2.41. The maximum absolute atomic E-state index is 12.3. The molecule has 1 N–H and O–H groups in total. The molecular weight excluding hydrogens is 306 g/mol. The number of carbonyl (C=O) groups is 1. The van der Waals surface area contributed by atoms with Crippen molar-refractivity contribution in [1.82, 2.24) is 4.90 Å². The van der Waals surface area contributed by atoms with Gasteiger partial charge in [0.05, 0.1) is 18.8 Å². The van der Waals surface area contributed by atoms with E-state index in [-0.39, 0.29) is 23.9 Å². The second kappa shape index (κ2) is 7.73. The van der Waals surface area contributed by atoms with Gasteiger partial charge in [-0.05, 0) is 38.2 Å². The van der Waals surface area contributed by atoms with E-state index in [0.717, 1.165) is 11.5 Å². The molecule has 0 aliphatic heterocycles. The van der Waals surface area contributed by atoms with Crippen LogP contribution in [-0.4, -0.2) is 31.0 Å². The number of nitrogens with zero attached hydrogens (tertiary/aromatic N) is 1. The van der Waals surface area contributed by atoms with Crippen LogP contribution in [0.15, 0.2) is 40.8 Å². The molecule has 0 bridgehead atoms. The summed E-state index contributed by atoms with van der Waals surface area (Å²) < 4.78 is 34.5.